The van der Waals surface area contributed by atoms with Crippen molar-refractivity contribution in [2.24, 2.45) is 0 Å². The van der Waals surface area contributed by atoms with E-state index in [4.69, 9.17) is 0 Å². The second kappa shape index (κ2) is 5.31. The van der Waals surface area contributed by atoms with Crippen molar-refractivity contribution in [3.05, 3.63) is 18.2 Å². The molecule has 1 N–H and O–H groups in total. The number of nitrogens with zero attached hydrogens (tertiary/aromatic N) is 3. The van der Waals surface area contributed by atoms with Gasteiger partial charge in [-0.25, -0.2) is 4.98 Å². The van der Waals surface area contributed by atoms with Crippen molar-refractivity contribution in [2.75, 3.05) is 6.54 Å². The van der Waals surface area contributed by atoms with Crippen LogP contribution in [0, 0.1) is 0 Å². The largest absolute Gasteiger partial charge is 0.480 e. The Kier molecular flexibility index (Phi) is 4.28. The molecule has 0 aliphatic carbocycles. The lowest BCUT2D eigenvalue weighted by Crippen LogP contribution is -2.49. The van der Waals surface area contributed by atoms with Gasteiger partial charge in [0.15, 0.2) is 0 Å². The number of aliphatic carboxylic acids is 1. The number of rotatable bonds is 6. The van der Waals surface area contributed by atoms with Crippen LogP contribution in [0.4, 0.5) is 0 Å². The average molecular weight is 239 g/mol. The van der Waals surface area contributed by atoms with Gasteiger partial charge in [-0.1, -0.05) is 6.92 Å². The summed E-state index contributed by atoms with van der Waals surface area (Å²) < 4.78 is 2.03. The number of hydrogen-bond donors (Lipinski definition) is 1. The summed E-state index contributed by atoms with van der Waals surface area (Å²) in [5.74, 6) is -0.804. The number of carboxylic acid groups (broad SMARTS) is 1. The lowest BCUT2D eigenvalue weighted by Gasteiger charge is -2.34. The van der Waals surface area contributed by atoms with Crippen LogP contribution in [0.5, 0.6) is 0 Å². The first-order valence-electron chi connectivity index (χ1n) is 5.90. The quantitative estimate of drug-likeness (QED) is 0.819. The van der Waals surface area contributed by atoms with Crippen LogP contribution in [-0.2, 0) is 17.9 Å². The maximum Gasteiger partial charge on any atom is 0.323 e. The molecule has 1 heterocycles. The van der Waals surface area contributed by atoms with Crippen LogP contribution < -0.4 is 0 Å². The first-order chi connectivity index (χ1) is 7.93. The molecule has 0 aliphatic heterocycles. The highest BCUT2D eigenvalue weighted by Crippen LogP contribution is 2.17. The average Bonchev–Trinajstić information content (AvgIpc) is 2.72. The van der Waals surface area contributed by atoms with Crippen molar-refractivity contribution in [3.8, 4) is 0 Å². The van der Waals surface area contributed by atoms with Crippen molar-refractivity contribution in [1.29, 1.82) is 0 Å². The predicted octanol–water partition coefficient (Wildman–Crippen LogP) is 1.59. The summed E-state index contributed by atoms with van der Waals surface area (Å²) in [4.78, 5) is 17.3. The van der Waals surface area contributed by atoms with Gasteiger partial charge in [0.25, 0.3) is 0 Å². The molecule has 0 atom stereocenters. The zero-order valence-electron chi connectivity index (χ0n) is 11.0. The van der Waals surface area contributed by atoms with Gasteiger partial charge in [0.05, 0.1) is 12.0 Å². The van der Waals surface area contributed by atoms with Crippen molar-refractivity contribution < 1.29 is 9.90 Å². The molecule has 0 aliphatic rings. The van der Waals surface area contributed by atoms with Gasteiger partial charge in [-0.05, 0) is 27.3 Å². The Morgan fingerprint density at radius 3 is 2.65 bits per heavy atom. The summed E-state index contributed by atoms with van der Waals surface area (Å²) in [7, 11) is 0. The number of carboxylic acids is 1. The molecule has 0 fully saturated rings. The molecular weight excluding hydrogens is 218 g/mol. The summed E-state index contributed by atoms with van der Waals surface area (Å²) >= 11 is 0. The molecule has 5 nitrogen and oxygen atoms in total. The van der Waals surface area contributed by atoms with E-state index in [1.807, 2.05) is 23.3 Å². The third-order valence-electron chi connectivity index (χ3n) is 3.19. The van der Waals surface area contributed by atoms with Gasteiger partial charge < -0.3 is 9.67 Å². The SMILES string of the molecule is CCN(Cc1cncn1CC)C(C)(C)C(=O)O. The molecule has 0 saturated heterocycles. The Hall–Kier alpha value is -1.36. The minimum Gasteiger partial charge on any atom is -0.480 e. The third-order valence-corrected chi connectivity index (χ3v) is 3.19. The van der Waals surface area contributed by atoms with Crippen molar-refractivity contribution in [3.63, 3.8) is 0 Å². The van der Waals surface area contributed by atoms with E-state index in [9.17, 15) is 9.90 Å². The smallest absolute Gasteiger partial charge is 0.323 e. The number of carbonyl (C=O) groups is 1. The van der Waals surface area contributed by atoms with Gasteiger partial charge in [0, 0.05) is 19.3 Å². The molecular formula is C12H21N3O2. The van der Waals surface area contributed by atoms with E-state index in [1.165, 1.54) is 0 Å². The Morgan fingerprint density at radius 2 is 2.18 bits per heavy atom. The number of aryl methyl sites for hydroxylation is 1. The summed E-state index contributed by atoms with van der Waals surface area (Å²) in [5, 5.41) is 9.23. The van der Waals surface area contributed by atoms with Crippen molar-refractivity contribution >= 4 is 5.97 Å². The standard InChI is InChI=1S/C12H21N3O2/c1-5-14-9-13-7-10(14)8-15(6-2)12(3,4)11(16)17/h7,9H,5-6,8H2,1-4H3,(H,16,17). The first-order valence-corrected chi connectivity index (χ1v) is 5.90. The molecule has 0 bridgehead atoms. The Balaban J connectivity index is 2.87. The Bertz CT molecular complexity index is 385. The van der Waals surface area contributed by atoms with Gasteiger partial charge in [-0.2, -0.15) is 0 Å². The Labute approximate surface area is 102 Å². The molecule has 17 heavy (non-hydrogen) atoms. The van der Waals surface area contributed by atoms with E-state index in [1.54, 1.807) is 26.4 Å². The van der Waals surface area contributed by atoms with Crippen LogP contribution >= 0.6 is 0 Å². The highest BCUT2D eigenvalue weighted by Gasteiger charge is 2.33. The maximum atomic E-state index is 11.2. The summed E-state index contributed by atoms with van der Waals surface area (Å²) in [5.41, 5.74) is 0.182. The molecule has 0 aromatic carbocycles. The molecule has 1 rings (SSSR count). The highest BCUT2D eigenvalue weighted by atomic mass is 16.4. The molecule has 1 aromatic heterocycles. The summed E-state index contributed by atoms with van der Waals surface area (Å²) in [6, 6.07) is 0. The highest BCUT2D eigenvalue weighted by molar-refractivity contribution is 5.77. The van der Waals surface area contributed by atoms with Gasteiger partial charge in [-0.3, -0.25) is 9.69 Å². The second-order valence-corrected chi connectivity index (χ2v) is 4.55. The van der Waals surface area contributed by atoms with Gasteiger partial charge in [0.2, 0.25) is 0 Å². The first kappa shape index (κ1) is 13.7. The fourth-order valence-electron chi connectivity index (χ4n) is 1.80. The van der Waals surface area contributed by atoms with E-state index in [2.05, 4.69) is 4.98 Å². The van der Waals surface area contributed by atoms with Crippen LogP contribution in [0.15, 0.2) is 12.5 Å². The summed E-state index contributed by atoms with van der Waals surface area (Å²) in [6.45, 7) is 9.61. The van der Waals surface area contributed by atoms with E-state index < -0.39 is 11.5 Å². The van der Waals surface area contributed by atoms with Crippen LogP contribution in [0.2, 0.25) is 0 Å². The van der Waals surface area contributed by atoms with Crippen LogP contribution in [0.1, 0.15) is 33.4 Å². The molecule has 0 unspecified atom stereocenters. The van der Waals surface area contributed by atoms with Crippen molar-refractivity contribution in [1.82, 2.24) is 14.5 Å². The van der Waals surface area contributed by atoms with Gasteiger partial charge in [-0.15, -0.1) is 0 Å². The van der Waals surface area contributed by atoms with E-state index in [0.29, 0.717) is 13.1 Å². The lowest BCUT2D eigenvalue weighted by molar-refractivity contribution is -0.149. The van der Waals surface area contributed by atoms with Crippen molar-refractivity contribution in [2.45, 2.75) is 46.3 Å². The minimum absolute atomic E-state index is 0.601. The van der Waals surface area contributed by atoms with Crippen LogP contribution in [0.25, 0.3) is 0 Å². The zero-order valence-corrected chi connectivity index (χ0v) is 11.0. The predicted molar refractivity (Wildman–Crippen MR) is 65.7 cm³/mol. The summed E-state index contributed by atoms with van der Waals surface area (Å²) in [6.07, 6.45) is 3.57. The zero-order chi connectivity index (χ0) is 13.1. The monoisotopic (exact) mass is 239 g/mol. The van der Waals surface area contributed by atoms with Crippen LogP contribution in [0.3, 0.4) is 0 Å². The topological polar surface area (TPSA) is 58.4 Å². The Morgan fingerprint density at radius 1 is 1.53 bits per heavy atom. The number of imidazole rings is 1. The van der Waals surface area contributed by atoms with E-state index in [0.717, 1.165) is 12.2 Å². The molecule has 96 valence electrons. The molecule has 0 radical (unpaired) electrons. The van der Waals surface area contributed by atoms with Gasteiger partial charge >= 0.3 is 5.97 Å². The number of hydrogen-bond acceptors (Lipinski definition) is 3. The fraction of sp³-hybridized carbons (Fsp3) is 0.667. The number of aromatic nitrogens is 2. The number of likely N-dealkylation sites (N-methyl/N-ethyl adjacent to an activating group) is 1. The van der Waals surface area contributed by atoms with E-state index >= 15 is 0 Å². The molecule has 5 heteroatoms. The fourth-order valence-corrected chi connectivity index (χ4v) is 1.80. The van der Waals surface area contributed by atoms with E-state index in [-0.39, 0.29) is 0 Å². The van der Waals surface area contributed by atoms with Gasteiger partial charge in [0.1, 0.15) is 5.54 Å². The third kappa shape index (κ3) is 2.85. The second-order valence-electron chi connectivity index (χ2n) is 4.55. The molecule has 0 saturated carbocycles. The minimum atomic E-state index is -0.864. The lowest BCUT2D eigenvalue weighted by atomic mass is 10.0. The maximum absolute atomic E-state index is 11.2. The van der Waals surface area contributed by atoms with Crippen LogP contribution in [-0.4, -0.2) is 37.6 Å². The molecule has 0 spiro atoms. The normalized spacial score (nSPS) is 12.1. The molecule has 0 amide bonds. The molecule has 1 aromatic rings.